The van der Waals surface area contributed by atoms with Gasteiger partial charge in [0.2, 0.25) is 0 Å². The lowest BCUT2D eigenvalue weighted by molar-refractivity contribution is -0.108. The van der Waals surface area contributed by atoms with Crippen LogP contribution in [0.25, 0.3) is 22.3 Å². The molecule has 0 heterocycles. The third-order valence-electron chi connectivity index (χ3n) is 6.06. The Morgan fingerprint density at radius 3 is 1.45 bits per heavy atom. The summed E-state index contributed by atoms with van der Waals surface area (Å²) < 4.78 is 0.986. The average molecular weight is 491 g/mol. The normalized spacial score (nSPS) is 13.7. The van der Waals surface area contributed by atoms with Crippen LogP contribution in [0.3, 0.4) is 0 Å². The molecule has 1 nitrogen and oxygen atoms in total. The van der Waals surface area contributed by atoms with Gasteiger partial charge >= 0.3 is 0 Å². The number of benzene rings is 4. The van der Waals surface area contributed by atoms with Crippen LogP contribution in [0.15, 0.2) is 108 Å². The average Bonchev–Trinajstić information content (AvgIpc) is 3.13. The molecule has 2 heteroatoms. The standard InChI is InChI=1S/C31H23BrO/c1-20-11-15-23(16-12-20)29-27(22-7-4-3-5-8-22)28(25-9-6-10-26(32)19-25)30(31(29)33)24-17-13-21(2)14-18-24/h3-19H,1-2H3. The molecule has 0 saturated heterocycles. The van der Waals surface area contributed by atoms with Gasteiger partial charge in [-0.25, -0.2) is 0 Å². The molecule has 4 aromatic rings. The summed E-state index contributed by atoms with van der Waals surface area (Å²) >= 11 is 3.63. The molecular formula is C31H23BrO. The van der Waals surface area contributed by atoms with Crippen LogP contribution in [0, 0.1) is 13.8 Å². The second-order valence-corrected chi connectivity index (χ2v) is 9.35. The molecule has 0 amide bonds. The van der Waals surface area contributed by atoms with Gasteiger partial charge in [0.05, 0.1) is 0 Å². The van der Waals surface area contributed by atoms with Crippen LogP contribution in [-0.2, 0) is 4.79 Å². The number of hydrogen-bond acceptors (Lipinski definition) is 1. The first-order valence-corrected chi connectivity index (χ1v) is 11.8. The third kappa shape index (κ3) is 4.03. The zero-order chi connectivity index (χ0) is 22.9. The third-order valence-corrected chi connectivity index (χ3v) is 6.55. The van der Waals surface area contributed by atoms with Crippen molar-refractivity contribution in [3.8, 4) is 0 Å². The number of halogens is 1. The van der Waals surface area contributed by atoms with Gasteiger partial charge in [-0.1, -0.05) is 118 Å². The largest absolute Gasteiger partial charge is 0.289 e. The van der Waals surface area contributed by atoms with E-state index in [4.69, 9.17) is 0 Å². The van der Waals surface area contributed by atoms with E-state index in [2.05, 4.69) is 103 Å². The van der Waals surface area contributed by atoms with Gasteiger partial charge in [0.15, 0.2) is 5.78 Å². The van der Waals surface area contributed by atoms with Crippen LogP contribution in [0.1, 0.15) is 33.4 Å². The number of rotatable bonds is 4. The smallest absolute Gasteiger partial charge is 0.195 e. The van der Waals surface area contributed by atoms with E-state index in [-0.39, 0.29) is 5.78 Å². The van der Waals surface area contributed by atoms with Gasteiger partial charge < -0.3 is 0 Å². The first kappa shape index (κ1) is 21.4. The van der Waals surface area contributed by atoms with Crippen LogP contribution in [0.5, 0.6) is 0 Å². The molecule has 0 aliphatic heterocycles. The highest BCUT2D eigenvalue weighted by Gasteiger charge is 2.35. The summed E-state index contributed by atoms with van der Waals surface area (Å²) in [7, 11) is 0. The Bertz CT molecular complexity index is 1410. The van der Waals surface area contributed by atoms with Crippen molar-refractivity contribution in [2.45, 2.75) is 13.8 Å². The topological polar surface area (TPSA) is 17.1 Å². The van der Waals surface area contributed by atoms with Crippen molar-refractivity contribution in [1.82, 2.24) is 0 Å². The Kier molecular flexibility index (Phi) is 5.70. The predicted molar refractivity (Wildman–Crippen MR) is 142 cm³/mol. The number of hydrogen-bond donors (Lipinski definition) is 0. The quantitative estimate of drug-likeness (QED) is 0.281. The monoisotopic (exact) mass is 490 g/mol. The first-order chi connectivity index (χ1) is 16.0. The van der Waals surface area contributed by atoms with Gasteiger partial charge in [0, 0.05) is 26.8 Å². The molecule has 1 aliphatic rings. The minimum Gasteiger partial charge on any atom is -0.289 e. The van der Waals surface area contributed by atoms with Gasteiger partial charge in [-0.05, 0) is 48.2 Å². The number of aryl methyl sites for hydroxylation is 2. The molecule has 5 rings (SSSR count). The maximum absolute atomic E-state index is 14.2. The Morgan fingerprint density at radius 1 is 0.485 bits per heavy atom. The van der Waals surface area contributed by atoms with Gasteiger partial charge in [0.25, 0.3) is 0 Å². The summed E-state index contributed by atoms with van der Waals surface area (Å²) in [4.78, 5) is 14.2. The lowest BCUT2D eigenvalue weighted by Crippen LogP contribution is -2.02. The van der Waals surface area contributed by atoms with E-state index in [1.165, 1.54) is 11.1 Å². The fraction of sp³-hybridized carbons (Fsp3) is 0.0645. The van der Waals surface area contributed by atoms with Crippen LogP contribution < -0.4 is 0 Å². The van der Waals surface area contributed by atoms with E-state index >= 15 is 0 Å². The number of Topliss-reactive ketones (excluding diaryl/α,β-unsaturated/α-hetero) is 1. The van der Waals surface area contributed by atoms with Gasteiger partial charge in [0.1, 0.15) is 0 Å². The number of ketones is 1. The van der Waals surface area contributed by atoms with E-state index in [1.54, 1.807) is 0 Å². The van der Waals surface area contributed by atoms with Crippen molar-refractivity contribution in [3.63, 3.8) is 0 Å². The van der Waals surface area contributed by atoms with Crippen molar-refractivity contribution >= 4 is 44.0 Å². The molecule has 0 aromatic heterocycles. The summed E-state index contributed by atoms with van der Waals surface area (Å²) in [6, 6.07) is 35.0. The maximum Gasteiger partial charge on any atom is 0.195 e. The van der Waals surface area contributed by atoms with Crippen molar-refractivity contribution in [1.29, 1.82) is 0 Å². The number of carbonyl (C=O) groups is 1. The summed E-state index contributed by atoms with van der Waals surface area (Å²) in [5.74, 6) is 0.0662. The second-order valence-electron chi connectivity index (χ2n) is 8.44. The minimum absolute atomic E-state index is 0.0662. The molecule has 33 heavy (non-hydrogen) atoms. The molecule has 0 N–H and O–H groups in total. The molecule has 0 radical (unpaired) electrons. The summed E-state index contributed by atoms with van der Waals surface area (Å²) in [6.07, 6.45) is 0. The zero-order valence-corrected chi connectivity index (χ0v) is 20.2. The highest BCUT2D eigenvalue weighted by atomic mass is 79.9. The Hall–Kier alpha value is -3.49. The van der Waals surface area contributed by atoms with E-state index in [1.807, 2.05) is 30.3 Å². The predicted octanol–water partition coefficient (Wildman–Crippen LogP) is 8.17. The highest BCUT2D eigenvalue weighted by Crippen LogP contribution is 2.49. The lowest BCUT2D eigenvalue weighted by Gasteiger charge is -2.14. The van der Waals surface area contributed by atoms with E-state index in [0.29, 0.717) is 0 Å². The molecule has 4 aromatic carbocycles. The van der Waals surface area contributed by atoms with Crippen LogP contribution in [0.2, 0.25) is 0 Å². The molecular weight excluding hydrogens is 468 g/mol. The molecule has 0 saturated carbocycles. The summed E-state index contributed by atoms with van der Waals surface area (Å²) in [6.45, 7) is 4.13. The van der Waals surface area contributed by atoms with E-state index in [9.17, 15) is 4.79 Å². The minimum atomic E-state index is 0.0662. The first-order valence-electron chi connectivity index (χ1n) is 11.0. The summed E-state index contributed by atoms with van der Waals surface area (Å²) in [5.41, 5.74) is 9.76. The molecule has 1 aliphatic carbocycles. The summed E-state index contributed by atoms with van der Waals surface area (Å²) in [5, 5.41) is 0. The van der Waals surface area contributed by atoms with Crippen LogP contribution in [0.4, 0.5) is 0 Å². The fourth-order valence-corrected chi connectivity index (χ4v) is 4.82. The van der Waals surface area contributed by atoms with Crippen molar-refractivity contribution in [3.05, 3.63) is 141 Å². The van der Waals surface area contributed by atoms with E-state index < -0.39 is 0 Å². The van der Waals surface area contributed by atoms with E-state index in [0.717, 1.165) is 49.0 Å². The molecule has 0 spiro atoms. The Labute approximate surface area is 203 Å². The molecule has 0 unspecified atom stereocenters. The molecule has 0 atom stereocenters. The number of carbonyl (C=O) groups excluding carboxylic acids is 1. The lowest BCUT2D eigenvalue weighted by atomic mass is 9.89. The van der Waals surface area contributed by atoms with Gasteiger partial charge in [-0.3, -0.25) is 4.79 Å². The maximum atomic E-state index is 14.2. The van der Waals surface area contributed by atoms with Crippen molar-refractivity contribution in [2.75, 3.05) is 0 Å². The SMILES string of the molecule is Cc1ccc(C2=C(c3ccccc3)C(c3cccc(Br)c3)=C(c3ccc(C)cc3)C2=O)cc1. The van der Waals surface area contributed by atoms with Gasteiger partial charge in [-0.15, -0.1) is 0 Å². The van der Waals surface area contributed by atoms with Crippen LogP contribution in [-0.4, -0.2) is 5.78 Å². The molecule has 0 fully saturated rings. The van der Waals surface area contributed by atoms with Crippen molar-refractivity contribution < 1.29 is 4.79 Å². The van der Waals surface area contributed by atoms with Gasteiger partial charge in [-0.2, -0.15) is 0 Å². The number of allylic oxidation sites excluding steroid dienone is 4. The molecule has 160 valence electrons. The Balaban J connectivity index is 1.87. The fourth-order valence-electron chi connectivity index (χ4n) is 4.42. The second kappa shape index (κ2) is 8.80. The van der Waals surface area contributed by atoms with Crippen molar-refractivity contribution in [2.24, 2.45) is 0 Å². The zero-order valence-electron chi connectivity index (χ0n) is 18.6. The Morgan fingerprint density at radius 2 is 0.939 bits per heavy atom. The highest BCUT2D eigenvalue weighted by molar-refractivity contribution is 9.10. The van der Waals surface area contributed by atoms with Crippen LogP contribution >= 0.6 is 15.9 Å². The molecule has 0 bridgehead atoms.